The highest BCUT2D eigenvalue weighted by atomic mass is 16.3. The van der Waals surface area contributed by atoms with Crippen LogP contribution in [0.1, 0.15) is 63.8 Å². The molecule has 4 nitrogen and oxygen atoms in total. The van der Waals surface area contributed by atoms with Crippen molar-refractivity contribution in [3.8, 4) is 0 Å². The lowest BCUT2D eigenvalue weighted by atomic mass is 9.85. The Bertz CT molecular complexity index is 381. The van der Waals surface area contributed by atoms with E-state index in [2.05, 4.69) is 24.2 Å². The van der Waals surface area contributed by atoms with Gasteiger partial charge in [-0.3, -0.25) is 0 Å². The summed E-state index contributed by atoms with van der Waals surface area (Å²) in [5.41, 5.74) is 1.93. The van der Waals surface area contributed by atoms with Gasteiger partial charge in [-0.1, -0.05) is 51.2 Å². The van der Waals surface area contributed by atoms with Gasteiger partial charge in [0.25, 0.3) is 0 Å². The molecule has 1 aromatic heterocycles. The molecule has 1 heterocycles. The maximum absolute atomic E-state index is 9.39. The van der Waals surface area contributed by atoms with Crippen LogP contribution in [0, 0.1) is 11.8 Å². The summed E-state index contributed by atoms with van der Waals surface area (Å²) < 4.78 is 2.00. The molecule has 0 spiro atoms. The number of nitrogens with zero attached hydrogens (tertiary/aromatic N) is 3. The van der Waals surface area contributed by atoms with Crippen LogP contribution in [0.3, 0.4) is 0 Å². The highest BCUT2D eigenvalue weighted by Crippen LogP contribution is 2.27. The molecule has 0 unspecified atom stereocenters. The van der Waals surface area contributed by atoms with Gasteiger partial charge < -0.3 is 5.11 Å². The summed E-state index contributed by atoms with van der Waals surface area (Å²) >= 11 is 0. The van der Waals surface area contributed by atoms with Gasteiger partial charge in [-0.15, -0.1) is 5.10 Å². The van der Waals surface area contributed by atoms with Crippen LogP contribution in [-0.2, 0) is 19.6 Å². The van der Waals surface area contributed by atoms with Crippen LogP contribution in [0.15, 0.2) is 0 Å². The SMILES string of the molecule is CC(C)Cn1nnc(CO)c1CCC1CCCCC1. The van der Waals surface area contributed by atoms with Crippen molar-refractivity contribution < 1.29 is 5.11 Å². The van der Waals surface area contributed by atoms with Crippen molar-refractivity contribution in [2.75, 3.05) is 0 Å². The summed E-state index contributed by atoms with van der Waals surface area (Å²) in [6.45, 7) is 5.28. The summed E-state index contributed by atoms with van der Waals surface area (Å²) in [6, 6.07) is 0. The van der Waals surface area contributed by atoms with Gasteiger partial charge in [-0.2, -0.15) is 0 Å². The fourth-order valence-electron chi connectivity index (χ4n) is 3.07. The first kappa shape index (κ1) is 14.5. The second kappa shape index (κ2) is 7.04. The number of aliphatic hydroxyl groups excluding tert-OH is 1. The van der Waals surface area contributed by atoms with Crippen molar-refractivity contribution in [1.29, 1.82) is 0 Å². The van der Waals surface area contributed by atoms with Crippen molar-refractivity contribution in [2.45, 2.75) is 71.9 Å². The average molecular weight is 265 g/mol. The fourth-order valence-corrected chi connectivity index (χ4v) is 3.07. The van der Waals surface area contributed by atoms with E-state index in [-0.39, 0.29) is 6.61 Å². The van der Waals surface area contributed by atoms with Crippen LogP contribution in [0.5, 0.6) is 0 Å². The van der Waals surface area contributed by atoms with E-state index in [1.807, 2.05) is 4.68 Å². The molecule has 0 amide bonds. The van der Waals surface area contributed by atoms with Gasteiger partial charge in [0.05, 0.1) is 12.3 Å². The molecule has 0 aliphatic heterocycles. The third-order valence-corrected chi connectivity index (χ3v) is 4.12. The van der Waals surface area contributed by atoms with Crippen LogP contribution >= 0.6 is 0 Å². The van der Waals surface area contributed by atoms with Crippen molar-refractivity contribution >= 4 is 0 Å². The van der Waals surface area contributed by atoms with E-state index in [9.17, 15) is 5.11 Å². The third-order valence-electron chi connectivity index (χ3n) is 4.12. The summed E-state index contributed by atoms with van der Waals surface area (Å²) in [7, 11) is 0. The van der Waals surface area contributed by atoms with Gasteiger partial charge in [0.15, 0.2) is 0 Å². The van der Waals surface area contributed by atoms with Crippen molar-refractivity contribution in [2.24, 2.45) is 11.8 Å². The van der Waals surface area contributed by atoms with Crippen LogP contribution in [0.25, 0.3) is 0 Å². The first-order valence-corrected chi connectivity index (χ1v) is 7.72. The van der Waals surface area contributed by atoms with Crippen molar-refractivity contribution in [3.05, 3.63) is 11.4 Å². The Morgan fingerprint density at radius 3 is 2.63 bits per heavy atom. The van der Waals surface area contributed by atoms with Gasteiger partial charge >= 0.3 is 0 Å². The number of hydrogen-bond donors (Lipinski definition) is 1. The van der Waals surface area contributed by atoms with Gasteiger partial charge in [-0.05, 0) is 24.7 Å². The smallest absolute Gasteiger partial charge is 0.111 e. The molecular weight excluding hydrogens is 238 g/mol. The molecule has 19 heavy (non-hydrogen) atoms. The molecule has 1 aliphatic carbocycles. The van der Waals surface area contributed by atoms with Crippen molar-refractivity contribution in [3.63, 3.8) is 0 Å². The summed E-state index contributed by atoms with van der Waals surface area (Å²) in [5.74, 6) is 1.42. The molecule has 1 saturated carbocycles. The standard InChI is InChI=1S/C15H27N3O/c1-12(2)10-18-15(14(11-19)16-17-18)9-8-13-6-4-3-5-7-13/h12-13,19H,3-11H2,1-2H3. The Morgan fingerprint density at radius 2 is 2.00 bits per heavy atom. The van der Waals surface area contributed by atoms with E-state index in [4.69, 9.17) is 0 Å². The van der Waals surface area contributed by atoms with Crippen LogP contribution in [0.2, 0.25) is 0 Å². The molecule has 0 saturated heterocycles. The largest absolute Gasteiger partial charge is 0.390 e. The van der Waals surface area contributed by atoms with E-state index in [0.717, 1.165) is 30.3 Å². The van der Waals surface area contributed by atoms with E-state index in [1.165, 1.54) is 38.5 Å². The molecule has 4 heteroatoms. The number of aliphatic hydroxyl groups is 1. The monoisotopic (exact) mass is 265 g/mol. The van der Waals surface area contributed by atoms with Crippen LogP contribution in [-0.4, -0.2) is 20.1 Å². The maximum atomic E-state index is 9.39. The lowest BCUT2D eigenvalue weighted by Gasteiger charge is -2.21. The van der Waals surface area contributed by atoms with Gasteiger partial charge in [0, 0.05) is 6.54 Å². The van der Waals surface area contributed by atoms with Crippen LogP contribution < -0.4 is 0 Å². The van der Waals surface area contributed by atoms with Gasteiger partial charge in [-0.25, -0.2) is 4.68 Å². The minimum atomic E-state index is 0.0120. The van der Waals surface area contributed by atoms with Gasteiger partial charge in [0.2, 0.25) is 0 Å². The molecule has 1 fully saturated rings. The van der Waals surface area contributed by atoms with E-state index >= 15 is 0 Å². The predicted molar refractivity (Wildman–Crippen MR) is 75.7 cm³/mol. The van der Waals surface area contributed by atoms with E-state index < -0.39 is 0 Å². The summed E-state index contributed by atoms with van der Waals surface area (Å²) in [5, 5.41) is 17.7. The lowest BCUT2D eigenvalue weighted by molar-refractivity contribution is 0.274. The molecule has 0 aromatic carbocycles. The second-order valence-electron chi connectivity index (χ2n) is 6.26. The first-order chi connectivity index (χ1) is 9.20. The van der Waals surface area contributed by atoms with E-state index in [0.29, 0.717) is 5.92 Å². The zero-order valence-corrected chi connectivity index (χ0v) is 12.3. The first-order valence-electron chi connectivity index (χ1n) is 7.72. The Morgan fingerprint density at radius 1 is 1.26 bits per heavy atom. The summed E-state index contributed by atoms with van der Waals surface area (Å²) in [4.78, 5) is 0. The second-order valence-corrected chi connectivity index (χ2v) is 6.26. The molecule has 108 valence electrons. The third kappa shape index (κ3) is 4.03. The molecule has 0 bridgehead atoms. The minimum Gasteiger partial charge on any atom is -0.390 e. The Kier molecular flexibility index (Phi) is 5.37. The molecule has 2 rings (SSSR count). The normalized spacial score (nSPS) is 17.3. The molecule has 0 atom stereocenters. The Balaban J connectivity index is 1.98. The average Bonchev–Trinajstić information content (AvgIpc) is 2.79. The zero-order chi connectivity index (χ0) is 13.7. The fraction of sp³-hybridized carbons (Fsp3) is 0.867. The van der Waals surface area contributed by atoms with Crippen molar-refractivity contribution in [1.82, 2.24) is 15.0 Å². The number of hydrogen-bond acceptors (Lipinski definition) is 3. The minimum absolute atomic E-state index is 0.0120. The topological polar surface area (TPSA) is 50.9 Å². The Hall–Kier alpha value is -0.900. The summed E-state index contributed by atoms with van der Waals surface area (Å²) in [6.07, 6.45) is 9.17. The number of aromatic nitrogens is 3. The highest BCUT2D eigenvalue weighted by Gasteiger charge is 2.17. The molecule has 1 aromatic rings. The quantitative estimate of drug-likeness (QED) is 0.860. The molecule has 0 radical (unpaired) electrons. The Labute approximate surface area is 116 Å². The zero-order valence-electron chi connectivity index (χ0n) is 12.3. The number of rotatable bonds is 6. The van der Waals surface area contributed by atoms with Crippen LogP contribution in [0.4, 0.5) is 0 Å². The molecular formula is C15H27N3O. The van der Waals surface area contributed by atoms with Gasteiger partial charge in [0.1, 0.15) is 5.69 Å². The predicted octanol–water partition coefficient (Wildman–Crippen LogP) is 2.94. The maximum Gasteiger partial charge on any atom is 0.111 e. The highest BCUT2D eigenvalue weighted by molar-refractivity contribution is 5.09. The molecule has 1 aliphatic rings. The lowest BCUT2D eigenvalue weighted by Crippen LogP contribution is -2.13. The molecule has 1 N–H and O–H groups in total. The van der Waals surface area contributed by atoms with E-state index in [1.54, 1.807) is 0 Å².